The van der Waals surface area contributed by atoms with E-state index >= 15 is 0 Å². The van der Waals surface area contributed by atoms with Gasteiger partial charge in [-0.15, -0.1) is 0 Å². The van der Waals surface area contributed by atoms with Crippen molar-refractivity contribution in [3.05, 3.63) is 0 Å². The van der Waals surface area contributed by atoms with E-state index in [0.717, 1.165) is 25.9 Å². The zero-order chi connectivity index (χ0) is 12.3. The van der Waals surface area contributed by atoms with Gasteiger partial charge in [0.05, 0.1) is 0 Å². The number of piperidine rings is 1. The Morgan fingerprint density at radius 3 is 2.50 bits per heavy atom. The second-order valence-corrected chi connectivity index (χ2v) is 5.85. The summed E-state index contributed by atoms with van der Waals surface area (Å²) in [6.45, 7) is 10.0. The first-order valence-electron chi connectivity index (χ1n) is 6.36. The van der Waals surface area contributed by atoms with Crippen molar-refractivity contribution in [3.63, 3.8) is 0 Å². The molecule has 94 valence electrons. The quantitative estimate of drug-likeness (QED) is 0.779. The molecule has 1 N–H and O–H groups in total. The molecule has 1 rings (SSSR count). The molecule has 0 aromatic heterocycles. The number of carbonyl (C=O) groups is 1. The Labute approximate surface area is 99.6 Å². The topological polar surface area (TPSA) is 32.3 Å². The number of hydrogen-bond donors (Lipinski definition) is 1. The third-order valence-corrected chi connectivity index (χ3v) is 3.56. The summed E-state index contributed by atoms with van der Waals surface area (Å²) in [4.78, 5) is 14.2. The van der Waals surface area contributed by atoms with Crippen molar-refractivity contribution in [2.45, 2.75) is 46.6 Å². The molecule has 0 aliphatic carbocycles. The Morgan fingerprint density at radius 1 is 1.44 bits per heavy atom. The number of rotatable bonds is 2. The van der Waals surface area contributed by atoms with Gasteiger partial charge in [0.2, 0.25) is 5.91 Å². The zero-order valence-electron chi connectivity index (χ0n) is 11.3. The standard InChI is InChI=1S/C13H26N2O/c1-6-10-9-15(8-7-11(10)14-5)12(16)13(2,3)4/h10-11,14H,6-9H2,1-5H3. The number of hydrogen-bond acceptors (Lipinski definition) is 2. The van der Waals surface area contributed by atoms with Crippen LogP contribution in [0.3, 0.4) is 0 Å². The Hall–Kier alpha value is -0.570. The highest BCUT2D eigenvalue weighted by atomic mass is 16.2. The minimum absolute atomic E-state index is 0.245. The second kappa shape index (κ2) is 5.17. The Bertz CT molecular complexity index is 245. The average Bonchev–Trinajstić information content (AvgIpc) is 2.25. The number of nitrogens with zero attached hydrogens (tertiary/aromatic N) is 1. The van der Waals surface area contributed by atoms with Gasteiger partial charge in [-0.1, -0.05) is 34.1 Å². The summed E-state index contributed by atoms with van der Waals surface area (Å²) >= 11 is 0. The van der Waals surface area contributed by atoms with Crippen LogP contribution in [0, 0.1) is 11.3 Å². The van der Waals surface area contributed by atoms with Crippen LogP contribution in [-0.2, 0) is 4.79 Å². The molecule has 3 heteroatoms. The van der Waals surface area contributed by atoms with Crippen molar-refractivity contribution in [3.8, 4) is 0 Å². The summed E-state index contributed by atoms with van der Waals surface area (Å²) in [5.74, 6) is 0.894. The van der Waals surface area contributed by atoms with Crippen molar-refractivity contribution in [2.75, 3.05) is 20.1 Å². The first-order valence-corrected chi connectivity index (χ1v) is 6.36. The van der Waals surface area contributed by atoms with E-state index in [4.69, 9.17) is 0 Å². The van der Waals surface area contributed by atoms with Gasteiger partial charge >= 0.3 is 0 Å². The molecule has 2 atom stereocenters. The van der Waals surface area contributed by atoms with Crippen LogP contribution in [0.4, 0.5) is 0 Å². The van der Waals surface area contributed by atoms with Crippen molar-refractivity contribution < 1.29 is 4.79 Å². The molecule has 1 aliphatic heterocycles. The monoisotopic (exact) mass is 226 g/mol. The molecule has 1 fully saturated rings. The molecule has 16 heavy (non-hydrogen) atoms. The summed E-state index contributed by atoms with van der Waals surface area (Å²) in [7, 11) is 2.02. The summed E-state index contributed by atoms with van der Waals surface area (Å²) < 4.78 is 0. The fraction of sp³-hybridized carbons (Fsp3) is 0.923. The highest BCUT2D eigenvalue weighted by molar-refractivity contribution is 5.81. The summed E-state index contributed by atoms with van der Waals surface area (Å²) in [5, 5.41) is 3.37. The molecule has 3 nitrogen and oxygen atoms in total. The molecule has 1 amide bonds. The Morgan fingerprint density at radius 2 is 2.06 bits per heavy atom. The van der Waals surface area contributed by atoms with Gasteiger partial charge in [0.1, 0.15) is 0 Å². The second-order valence-electron chi connectivity index (χ2n) is 5.85. The van der Waals surface area contributed by atoms with Crippen LogP contribution in [0.2, 0.25) is 0 Å². The molecular weight excluding hydrogens is 200 g/mol. The molecule has 0 spiro atoms. The third-order valence-electron chi connectivity index (χ3n) is 3.56. The molecule has 1 aliphatic rings. The highest BCUT2D eigenvalue weighted by Gasteiger charge is 2.33. The largest absolute Gasteiger partial charge is 0.342 e. The smallest absolute Gasteiger partial charge is 0.227 e. The first kappa shape index (κ1) is 13.5. The predicted octanol–water partition coefficient (Wildman–Crippen LogP) is 1.88. The van der Waals surface area contributed by atoms with E-state index < -0.39 is 0 Å². The minimum Gasteiger partial charge on any atom is -0.342 e. The Kier molecular flexibility index (Phi) is 4.36. The molecule has 0 aromatic carbocycles. The van der Waals surface area contributed by atoms with Crippen molar-refractivity contribution >= 4 is 5.91 Å². The molecule has 0 aromatic rings. The van der Waals surface area contributed by atoms with Gasteiger partial charge in [-0.3, -0.25) is 4.79 Å². The van der Waals surface area contributed by atoms with Crippen LogP contribution < -0.4 is 5.32 Å². The van der Waals surface area contributed by atoms with Gasteiger partial charge in [-0.2, -0.15) is 0 Å². The highest BCUT2D eigenvalue weighted by Crippen LogP contribution is 2.25. The van der Waals surface area contributed by atoms with E-state index in [1.54, 1.807) is 0 Å². The SMILES string of the molecule is CCC1CN(C(=O)C(C)(C)C)CCC1NC. The lowest BCUT2D eigenvalue weighted by Gasteiger charge is -2.40. The molecule has 0 radical (unpaired) electrons. The molecule has 1 saturated heterocycles. The van der Waals surface area contributed by atoms with Crippen LogP contribution in [-0.4, -0.2) is 37.0 Å². The third kappa shape index (κ3) is 2.97. The van der Waals surface area contributed by atoms with E-state index in [-0.39, 0.29) is 5.41 Å². The van der Waals surface area contributed by atoms with Crippen LogP contribution in [0.5, 0.6) is 0 Å². The van der Waals surface area contributed by atoms with Gasteiger partial charge in [-0.05, 0) is 19.4 Å². The maximum atomic E-state index is 12.2. The number of nitrogens with one attached hydrogen (secondary N) is 1. The summed E-state index contributed by atoms with van der Waals surface area (Å²) in [5.41, 5.74) is -0.245. The van der Waals surface area contributed by atoms with Gasteiger partial charge in [0.15, 0.2) is 0 Å². The van der Waals surface area contributed by atoms with E-state index in [9.17, 15) is 4.79 Å². The lowest BCUT2D eigenvalue weighted by atomic mass is 9.87. The Balaban J connectivity index is 2.64. The first-order chi connectivity index (χ1) is 7.40. The van der Waals surface area contributed by atoms with Crippen LogP contribution in [0.25, 0.3) is 0 Å². The van der Waals surface area contributed by atoms with Crippen LogP contribution in [0.15, 0.2) is 0 Å². The molecule has 0 bridgehead atoms. The molecule has 1 heterocycles. The molecule has 0 saturated carbocycles. The van der Waals surface area contributed by atoms with E-state index in [1.807, 2.05) is 32.7 Å². The van der Waals surface area contributed by atoms with Gasteiger partial charge in [0.25, 0.3) is 0 Å². The van der Waals surface area contributed by atoms with Crippen LogP contribution in [0.1, 0.15) is 40.5 Å². The minimum atomic E-state index is -0.245. The van der Waals surface area contributed by atoms with Crippen LogP contribution >= 0.6 is 0 Å². The number of carbonyl (C=O) groups excluding carboxylic acids is 1. The molecule has 2 unspecified atom stereocenters. The normalized spacial score (nSPS) is 26.9. The lowest BCUT2D eigenvalue weighted by molar-refractivity contribution is -0.141. The number of likely N-dealkylation sites (tertiary alicyclic amines) is 1. The fourth-order valence-corrected chi connectivity index (χ4v) is 2.48. The maximum Gasteiger partial charge on any atom is 0.227 e. The number of amides is 1. The predicted molar refractivity (Wildman–Crippen MR) is 67.3 cm³/mol. The van der Waals surface area contributed by atoms with E-state index in [2.05, 4.69) is 12.2 Å². The average molecular weight is 226 g/mol. The van der Waals surface area contributed by atoms with E-state index in [0.29, 0.717) is 17.9 Å². The fourth-order valence-electron chi connectivity index (χ4n) is 2.48. The molecular formula is C13H26N2O. The van der Waals surface area contributed by atoms with Gasteiger partial charge < -0.3 is 10.2 Å². The van der Waals surface area contributed by atoms with Gasteiger partial charge in [0, 0.05) is 24.5 Å². The van der Waals surface area contributed by atoms with E-state index in [1.165, 1.54) is 0 Å². The summed E-state index contributed by atoms with van der Waals surface area (Å²) in [6.07, 6.45) is 2.22. The zero-order valence-corrected chi connectivity index (χ0v) is 11.3. The lowest BCUT2D eigenvalue weighted by Crippen LogP contribution is -2.52. The summed E-state index contributed by atoms with van der Waals surface area (Å²) in [6, 6.07) is 0.578. The van der Waals surface area contributed by atoms with Crippen molar-refractivity contribution in [2.24, 2.45) is 11.3 Å². The van der Waals surface area contributed by atoms with Crippen molar-refractivity contribution in [1.29, 1.82) is 0 Å². The van der Waals surface area contributed by atoms with Gasteiger partial charge in [-0.25, -0.2) is 0 Å². The maximum absolute atomic E-state index is 12.2. The van der Waals surface area contributed by atoms with Crippen molar-refractivity contribution in [1.82, 2.24) is 10.2 Å².